The Balaban J connectivity index is 1.27. The van der Waals surface area contributed by atoms with Gasteiger partial charge in [0, 0.05) is 59.9 Å². The summed E-state index contributed by atoms with van der Waals surface area (Å²) in [7, 11) is 1.53. The first-order valence-electron chi connectivity index (χ1n) is 17.4. The number of imidazole rings is 1. The van der Waals surface area contributed by atoms with E-state index < -0.39 is 17.8 Å². The van der Waals surface area contributed by atoms with Gasteiger partial charge in [0.05, 0.1) is 53.1 Å². The van der Waals surface area contributed by atoms with Gasteiger partial charge >= 0.3 is 6.09 Å². The summed E-state index contributed by atoms with van der Waals surface area (Å²) in [6.07, 6.45) is 1.96. The van der Waals surface area contributed by atoms with Crippen LogP contribution in [0.25, 0.3) is 39.3 Å². The van der Waals surface area contributed by atoms with Crippen LogP contribution < -0.4 is 15.4 Å². The number of nitrogens with zero attached hydrogens (tertiary/aromatic N) is 5. The van der Waals surface area contributed by atoms with Gasteiger partial charge in [0.1, 0.15) is 5.60 Å². The number of methoxy groups -OCH3 is 1. The number of aliphatic hydroxyl groups is 1. The van der Waals surface area contributed by atoms with Crippen molar-refractivity contribution in [1.82, 2.24) is 35.1 Å². The molecule has 1 saturated heterocycles. The number of halogens is 2. The molecule has 0 aliphatic carbocycles. The summed E-state index contributed by atoms with van der Waals surface area (Å²) in [6.45, 7) is 8.58. The number of carbonyl (C=O) groups excluding carboxylic acids is 2. The number of nitrogens with one attached hydrogen (secondary N) is 2. The first kappa shape index (κ1) is 38.0. The normalized spacial score (nSPS) is 15.0. The number of ether oxygens (including phenoxy) is 2. The van der Waals surface area contributed by atoms with E-state index in [4.69, 9.17) is 42.8 Å². The minimum absolute atomic E-state index is 0.0320. The fraction of sp³-hybridized carbons (Fsp3) is 0.359. The minimum atomic E-state index is -0.697. The van der Waals surface area contributed by atoms with Crippen molar-refractivity contribution in [3.8, 4) is 39.5 Å². The van der Waals surface area contributed by atoms with Crippen LogP contribution in [0.5, 0.6) is 5.88 Å². The molecular weight excluding hydrogens is 717 g/mol. The number of carbonyl (C=O) groups is 2. The van der Waals surface area contributed by atoms with Gasteiger partial charge in [-0.25, -0.2) is 19.3 Å². The van der Waals surface area contributed by atoms with Gasteiger partial charge in [-0.05, 0) is 58.4 Å². The molecule has 4 heterocycles. The lowest BCUT2D eigenvalue weighted by Gasteiger charge is -2.29. The SMILES string of the molecule is COc1nc(-c2cccc(-c3cccc(-c4ccc5nc(CNC[C@H](C)O)cn5n4)c3Cl)c2Cl)ccc1CN(C[C@@H]1CCC(=O)N1)C(=O)OC(C)(C)C. The Morgan fingerprint density at radius 1 is 1.02 bits per heavy atom. The van der Waals surface area contributed by atoms with E-state index in [1.165, 1.54) is 7.11 Å². The highest BCUT2D eigenvalue weighted by molar-refractivity contribution is 6.39. The number of fused-ring (bicyclic) bond motifs is 1. The van der Waals surface area contributed by atoms with Crippen molar-refractivity contribution in [3.63, 3.8) is 0 Å². The van der Waals surface area contributed by atoms with Crippen molar-refractivity contribution in [1.29, 1.82) is 0 Å². The lowest BCUT2D eigenvalue weighted by molar-refractivity contribution is -0.119. The number of rotatable bonds is 12. The molecular formula is C39H43Cl2N7O5. The van der Waals surface area contributed by atoms with Crippen LogP contribution in [0.4, 0.5) is 4.79 Å². The van der Waals surface area contributed by atoms with Gasteiger partial charge in [0.15, 0.2) is 5.65 Å². The van der Waals surface area contributed by atoms with Crippen LogP contribution >= 0.6 is 23.2 Å². The fourth-order valence-electron chi connectivity index (χ4n) is 6.18. The minimum Gasteiger partial charge on any atom is -0.481 e. The van der Waals surface area contributed by atoms with Gasteiger partial charge in [-0.15, -0.1) is 0 Å². The maximum Gasteiger partial charge on any atom is 0.410 e. The summed E-state index contributed by atoms with van der Waals surface area (Å²) in [5, 5.41) is 21.4. The Hall–Kier alpha value is -4.75. The standard InChI is InChI=1S/C39H43Cl2N7O5/c1-23(49)18-42-19-26-22-48-33(43-26)16-15-32(46-48)30-11-7-9-28(36(30)41)27-8-6-10-29(35(27)40)31-14-12-24(37(45-31)52-5)20-47(38(51)53-39(2,3)4)21-25-13-17-34(50)44-25/h6-12,14-16,22-23,25,42,49H,13,17-21H2,1-5H3,(H,44,50)/t23-,25-/m0/s1. The van der Waals surface area contributed by atoms with Crippen molar-refractivity contribution in [2.45, 2.75) is 71.4 Å². The summed E-state index contributed by atoms with van der Waals surface area (Å²) in [5.41, 5.74) is 5.53. The molecule has 0 unspecified atom stereocenters. The molecule has 14 heteroatoms. The molecule has 1 aliphatic heterocycles. The number of hydrogen-bond acceptors (Lipinski definition) is 9. The molecule has 6 rings (SSSR count). The third-order valence-electron chi connectivity index (χ3n) is 8.63. The zero-order valence-corrected chi connectivity index (χ0v) is 31.8. The molecule has 0 radical (unpaired) electrons. The van der Waals surface area contributed by atoms with E-state index in [2.05, 4.69) is 15.6 Å². The van der Waals surface area contributed by atoms with Gasteiger partial charge in [-0.3, -0.25) is 4.79 Å². The highest BCUT2D eigenvalue weighted by Crippen LogP contribution is 2.42. The van der Waals surface area contributed by atoms with Gasteiger partial charge in [0.2, 0.25) is 11.8 Å². The molecule has 53 heavy (non-hydrogen) atoms. The van der Waals surface area contributed by atoms with E-state index in [0.29, 0.717) is 75.6 Å². The van der Waals surface area contributed by atoms with Gasteiger partial charge < -0.3 is 30.1 Å². The van der Waals surface area contributed by atoms with Gasteiger partial charge in [-0.1, -0.05) is 59.6 Å². The Bertz CT molecular complexity index is 2130. The maximum atomic E-state index is 13.3. The van der Waals surface area contributed by atoms with Crippen LogP contribution in [0.2, 0.25) is 10.0 Å². The number of amides is 2. The maximum absolute atomic E-state index is 13.3. The van der Waals surface area contributed by atoms with E-state index >= 15 is 0 Å². The summed E-state index contributed by atoms with van der Waals surface area (Å²) >= 11 is 14.2. The molecule has 2 atom stereocenters. The average Bonchev–Trinajstić information content (AvgIpc) is 3.72. The molecule has 0 bridgehead atoms. The quantitative estimate of drug-likeness (QED) is 0.123. The van der Waals surface area contributed by atoms with Crippen LogP contribution in [0, 0.1) is 0 Å². The second-order valence-electron chi connectivity index (χ2n) is 14.1. The van der Waals surface area contributed by atoms with E-state index in [-0.39, 0.29) is 25.0 Å². The first-order valence-corrected chi connectivity index (χ1v) is 18.2. The smallest absolute Gasteiger partial charge is 0.410 e. The molecule has 2 aromatic carbocycles. The molecule has 1 fully saturated rings. The molecule has 12 nitrogen and oxygen atoms in total. The number of pyridine rings is 1. The number of hydrogen-bond donors (Lipinski definition) is 3. The number of aromatic nitrogens is 4. The molecule has 3 aromatic heterocycles. The van der Waals surface area contributed by atoms with Gasteiger partial charge in [-0.2, -0.15) is 5.10 Å². The highest BCUT2D eigenvalue weighted by Gasteiger charge is 2.29. The summed E-state index contributed by atoms with van der Waals surface area (Å²) < 4.78 is 13.1. The Kier molecular flexibility index (Phi) is 11.5. The third kappa shape index (κ3) is 9.08. The zero-order valence-electron chi connectivity index (χ0n) is 30.3. The second kappa shape index (κ2) is 16.1. The van der Waals surface area contributed by atoms with Crippen LogP contribution in [-0.4, -0.2) is 79.5 Å². The van der Waals surface area contributed by atoms with Crippen LogP contribution in [0.15, 0.2) is 66.9 Å². The lowest BCUT2D eigenvalue weighted by atomic mass is 9.98. The van der Waals surface area contributed by atoms with E-state index in [9.17, 15) is 14.7 Å². The van der Waals surface area contributed by atoms with Crippen molar-refractivity contribution in [3.05, 3.63) is 88.2 Å². The molecule has 278 valence electrons. The summed E-state index contributed by atoms with van der Waals surface area (Å²) in [6, 6.07) is 18.7. The van der Waals surface area contributed by atoms with E-state index in [1.54, 1.807) is 16.3 Å². The predicted octanol–water partition coefficient (Wildman–Crippen LogP) is 6.93. The molecule has 1 aliphatic rings. The van der Waals surface area contributed by atoms with E-state index in [0.717, 1.165) is 16.8 Å². The van der Waals surface area contributed by atoms with Crippen LogP contribution in [-0.2, 0) is 22.6 Å². The van der Waals surface area contributed by atoms with Crippen molar-refractivity contribution >= 4 is 40.8 Å². The van der Waals surface area contributed by atoms with Crippen molar-refractivity contribution < 1.29 is 24.2 Å². The van der Waals surface area contributed by atoms with Crippen LogP contribution in [0.3, 0.4) is 0 Å². The molecule has 2 amide bonds. The van der Waals surface area contributed by atoms with E-state index in [1.807, 2.05) is 87.6 Å². The lowest BCUT2D eigenvalue weighted by Crippen LogP contribution is -2.43. The molecule has 0 spiro atoms. The summed E-state index contributed by atoms with van der Waals surface area (Å²) in [4.78, 5) is 36.2. The zero-order chi connectivity index (χ0) is 37.9. The first-order chi connectivity index (χ1) is 25.3. The third-order valence-corrected chi connectivity index (χ3v) is 9.44. The van der Waals surface area contributed by atoms with Crippen molar-refractivity contribution in [2.24, 2.45) is 0 Å². The van der Waals surface area contributed by atoms with Gasteiger partial charge in [0.25, 0.3) is 0 Å². The highest BCUT2D eigenvalue weighted by atomic mass is 35.5. The second-order valence-corrected chi connectivity index (χ2v) is 14.9. The number of benzene rings is 2. The molecule has 3 N–H and O–H groups in total. The molecule has 0 saturated carbocycles. The largest absolute Gasteiger partial charge is 0.481 e. The van der Waals surface area contributed by atoms with Crippen molar-refractivity contribution in [2.75, 3.05) is 20.2 Å². The fourth-order valence-corrected chi connectivity index (χ4v) is 6.83. The average molecular weight is 761 g/mol. The topological polar surface area (TPSA) is 143 Å². The summed E-state index contributed by atoms with van der Waals surface area (Å²) in [5.74, 6) is 0.298. The Labute approximate surface area is 318 Å². The molecule has 5 aromatic rings. The Morgan fingerprint density at radius 2 is 1.68 bits per heavy atom. The predicted molar refractivity (Wildman–Crippen MR) is 205 cm³/mol. The monoisotopic (exact) mass is 759 g/mol. The number of aliphatic hydroxyl groups excluding tert-OH is 1. The Morgan fingerprint density at radius 3 is 2.30 bits per heavy atom. The van der Waals surface area contributed by atoms with Crippen LogP contribution in [0.1, 0.15) is 51.8 Å².